The van der Waals surface area contributed by atoms with Gasteiger partial charge in [-0.25, -0.2) is 0 Å². The number of carbonyl (C=O) groups is 1. The molecule has 0 atom stereocenters. The normalized spacial score (nSPS) is 19.1. The first-order valence-corrected chi connectivity index (χ1v) is 4.37. The van der Waals surface area contributed by atoms with E-state index >= 15 is 0 Å². The van der Waals surface area contributed by atoms with Crippen LogP contribution in [-0.2, 0) is 4.79 Å². The molecule has 0 spiro atoms. The second kappa shape index (κ2) is 4.75. The van der Waals surface area contributed by atoms with Crippen molar-refractivity contribution in [2.75, 3.05) is 13.1 Å². The molecule has 1 saturated heterocycles. The molecule has 0 bridgehead atoms. The van der Waals surface area contributed by atoms with Crippen molar-refractivity contribution in [2.45, 2.75) is 19.8 Å². The molecule has 0 aromatic carbocycles. The van der Waals surface area contributed by atoms with E-state index in [1.807, 2.05) is 12.2 Å². The van der Waals surface area contributed by atoms with Gasteiger partial charge in [-0.15, -0.1) is 0 Å². The van der Waals surface area contributed by atoms with Crippen LogP contribution in [0.25, 0.3) is 0 Å². The van der Waals surface area contributed by atoms with Gasteiger partial charge in [-0.1, -0.05) is 6.08 Å². The number of allylic oxidation sites excluding steroid dienone is 3. The summed E-state index contributed by atoms with van der Waals surface area (Å²) in [5.74, 6) is 0. The van der Waals surface area contributed by atoms with Crippen LogP contribution in [-0.4, -0.2) is 24.3 Å². The molecule has 0 aromatic heterocycles. The fourth-order valence-electron chi connectivity index (χ4n) is 1.25. The van der Waals surface area contributed by atoms with Gasteiger partial charge < -0.3 is 4.90 Å². The predicted molar refractivity (Wildman–Crippen MR) is 49.8 cm³/mol. The second-order valence-corrected chi connectivity index (χ2v) is 3.11. The monoisotopic (exact) mass is 165 g/mol. The highest BCUT2D eigenvalue weighted by molar-refractivity contribution is 5.72. The molecule has 0 radical (unpaired) electrons. The van der Waals surface area contributed by atoms with Crippen LogP contribution < -0.4 is 0 Å². The molecule has 2 heteroatoms. The lowest BCUT2D eigenvalue weighted by Crippen LogP contribution is -2.09. The van der Waals surface area contributed by atoms with Crippen LogP contribution in [0.15, 0.2) is 23.9 Å². The molecule has 1 heterocycles. The molecule has 0 N–H and O–H groups in total. The average molecular weight is 165 g/mol. The second-order valence-electron chi connectivity index (χ2n) is 3.11. The Hall–Kier alpha value is -1.05. The number of likely N-dealkylation sites (tertiary alicyclic amines) is 1. The van der Waals surface area contributed by atoms with Crippen molar-refractivity contribution in [3.05, 3.63) is 23.9 Å². The number of hydrogen-bond acceptors (Lipinski definition) is 2. The van der Waals surface area contributed by atoms with Crippen molar-refractivity contribution in [1.82, 2.24) is 4.90 Å². The van der Waals surface area contributed by atoms with Crippen molar-refractivity contribution in [3.63, 3.8) is 0 Å². The molecule has 2 nitrogen and oxygen atoms in total. The zero-order chi connectivity index (χ0) is 8.81. The highest BCUT2D eigenvalue weighted by Crippen LogP contribution is 2.07. The summed E-state index contributed by atoms with van der Waals surface area (Å²) < 4.78 is 0. The maximum absolute atomic E-state index is 10.2. The number of aldehydes is 1. The Balaban J connectivity index is 2.33. The van der Waals surface area contributed by atoms with E-state index in [1.54, 1.807) is 6.92 Å². The molecular weight excluding hydrogens is 150 g/mol. The highest BCUT2D eigenvalue weighted by Gasteiger charge is 2.05. The summed E-state index contributed by atoms with van der Waals surface area (Å²) in [7, 11) is 0. The Labute approximate surface area is 73.6 Å². The van der Waals surface area contributed by atoms with E-state index < -0.39 is 0 Å². The smallest absolute Gasteiger partial charge is 0.145 e. The molecule has 0 amide bonds. The predicted octanol–water partition coefficient (Wildman–Crippen LogP) is 1.74. The lowest BCUT2D eigenvalue weighted by molar-refractivity contribution is -0.104. The molecule has 0 saturated carbocycles. The van der Waals surface area contributed by atoms with Gasteiger partial charge in [0.2, 0.25) is 0 Å². The minimum absolute atomic E-state index is 0.769. The largest absolute Gasteiger partial charge is 0.377 e. The third kappa shape index (κ3) is 2.91. The van der Waals surface area contributed by atoms with Crippen LogP contribution in [0, 0.1) is 0 Å². The van der Waals surface area contributed by atoms with Crippen molar-refractivity contribution in [3.8, 4) is 0 Å². The molecule has 66 valence electrons. The van der Waals surface area contributed by atoms with Gasteiger partial charge in [0.25, 0.3) is 0 Å². The van der Waals surface area contributed by atoms with Crippen molar-refractivity contribution < 1.29 is 4.79 Å². The third-order valence-electron chi connectivity index (χ3n) is 1.98. The summed E-state index contributed by atoms with van der Waals surface area (Å²) >= 11 is 0. The number of rotatable bonds is 3. The molecule has 0 aliphatic carbocycles. The molecule has 0 unspecified atom stereocenters. The zero-order valence-electron chi connectivity index (χ0n) is 7.49. The first-order chi connectivity index (χ1) is 5.83. The molecular formula is C10H15NO. The Kier molecular flexibility index (Phi) is 3.58. The SMILES string of the molecule is C/C(C=O)=C/C=C/N1CCCC1. The van der Waals surface area contributed by atoms with Crippen LogP contribution in [0.3, 0.4) is 0 Å². The van der Waals surface area contributed by atoms with Crippen LogP contribution in [0.5, 0.6) is 0 Å². The lowest BCUT2D eigenvalue weighted by Gasteiger charge is -2.08. The van der Waals surface area contributed by atoms with Gasteiger partial charge in [0.1, 0.15) is 6.29 Å². The average Bonchev–Trinajstić information content (AvgIpc) is 2.57. The Morgan fingerprint density at radius 3 is 2.58 bits per heavy atom. The topological polar surface area (TPSA) is 20.3 Å². The van der Waals surface area contributed by atoms with Gasteiger partial charge in [0, 0.05) is 13.1 Å². The third-order valence-corrected chi connectivity index (χ3v) is 1.98. The Bertz CT molecular complexity index is 200. The molecule has 1 aliphatic heterocycles. The first-order valence-electron chi connectivity index (χ1n) is 4.37. The summed E-state index contributed by atoms with van der Waals surface area (Å²) in [6, 6.07) is 0. The van der Waals surface area contributed by atoms with E-state index in [-0.39, 0.29) is 0 Å². The van der Waals surface area contributed by atoms with Crippen LogP contribution >= 0.6 is 0 Å². The summed E-state index contributed by atoms with van der Waals surface area (Å²) in [6.07, 6.45) is 9.29. The Morgan fingerprint density at radius 2 is 2.00 bits per heavy atom. The molecule has 1 fully saturated rings. The van der Waals surface area contributed by atoms with Gasteiger partial charge in [0.05, 0.1) is 0 Å². The minimum Gasteiger partial charge on any atom is -0.377 e. The van der Waals surface area contributed by atoms with E-state index in [4.69, 9.17) is 0 Å². The maximum atomic E-state index is 10.2. The Morgan fingerprint density at radius 1 is 1.33 bits per heavy atom. The van der Waals surface area contributed by atoms with Gasteiger partial charge in [0.15, 0.2) is 0 Å². The molecule has 12 heavy (non-hydrogen) atoms. The fourth-order valence-corrected chi connectivity index (χ4v) is 1.25. The maximum Gasteiger partial charge on any atom is 0.145 e. The summed E-state index contributed by atoms with van der Waals surface area (Å²) in [5.41, 5.74) is 0.769. The quantitative estimate of drug-likeness (QED) is 0.360. The summed E-state index contributed by atoms with van der Waals surface area (Å²) in [5, 5.41) is 0. The zero-order valence-corrected chi connectivity index (χ0v) is 7.49. The van der Waals surface area contributed by atoms with Gasteiger partial charge in [-0.3, -0.25) is 4.79 Å². The standard InChI is InChI=1S/C10H15NO/c1-10(9-12)5-4-8-11-6-2-3-7-11/h4-5,8-9H,2-3,6-7H2,1H3/b8-4+,10-5-. The molecule has 0 aromatic rings. The minimum atomic E-state index is 0.769. The van der Waals surface area contributed by atoms with Crippen molar-refractivity contribution in [1.29, 1.82) is 0 Å². The van der Waals surface area contributed by atoms with Crippen LogP contribution in [0.4, 0.5) is 0 Å². The van der Waals surface area contributed by atoms with Crippen molar-refractivity contribution in [2.24, 2.45) is 0 Å². The van der Waals surface area contributed by atoms with Crippen LogP contribution in [0.2, 0.25) is 0 Å². The first kappa shape index (κ1) is 9.04. The van der Waals surface area contributed by atoms with E-state index in [0.717, 1.165) is 24.9 Å². The van der Waals surface area contributed by atoms with Gasteiger partial charge >= 0.3 is 0 Å². The lowest BCUT2D eigenvalue weighted by atomic mass is 10.3. The number of hydrogen-bond donors (Lipinski definition) is 0. The molecule has 1 aliphatic rings. The molecule has 1 rings (SSSR count). The van der Waals surface area contributed by atoms with Gasteiger partial charge in [-0.2, -0.15) is 0 Å². The summed E-state index contributed by atoms with van der Waals surface area (Å²) in [6.45, 7) is 4.12. The van der Waals surface area contributed by atoms with E-state index in [9.17, 15) is 4.79 Å². The van der Waals surface area contributed by atoms with E-state index in [1.165, 1.54) is 12.8 Å². The highest BCUT2D eigenvalue weighted by atomic mass is 16.1. The number of carbonyl (C=O) groups excluding carboxylic acids is 1. The van der Waals surface area contributed by atoms with E-state index in [2.05, 4.69) is 11.1 Å². The van der Waals surface area contributed by atoms with Gasteiger partial charge in [-0.05, 0) is 37.6 Å². The van der Waals surface area contributed by atoms with Crippen molar-refractivity contribution >= 4 is 6.29 Å². The van der Waals surface area contributed by atoms with E-state index in [0.29, 0.717) is 0 Å². The fraction of sp³-hybridized carbons (Fsp3) is 0.500. The summed E-state index contributed by atoms with van der Waals surface area (Å²) in [4.78, 5) is 12.5. The number of nitrogens with zero attached hydrogens (tertiary/aromatic N) is 1. The van der Waals surface area contributed by atoms with Crippen LogP contribution in [0.1, 0.15) is 19.8 Å².